The van der Waals surface area contributed by atoms with Gasteiger partial charge in [0, 0.05) is 12.8 Å². The zero-order valence-electron chi connectivity index (χ0n) is 12.3. The first-order valence-corrected chi connectivity index (χ1v) is 7.44. The Balaban J connectivity index is 1.77. The van der Waals surface area contributed by atoms with Crippen molar-refractivity contribution in [3.05, 3.63) is 41.5 Å². The molecule has 0 unspecified atom stereocenters. The largest absolute Gasteiger partial charge is 0.399 e. The Bertz CT molecular complexity index is 586. The fraction of sp³-hybridized carbons (Fsp3) is 0.500. The maximum absolute atomic E-state index is 5.74. The molecule has 1 saturated carbocycles. The van der Waals surface area contributed by atoms with Gasteiger partial charge in [-0.3, -0.25) is 0 Å². The van der Waals surface area contributed by atoms with E-state index in [2.05, 4.69) is 10.1 Å². The van der Waals surface area contributed by atoms with Crippen LogP contribution in [0.5, 0.6) is 0 Å². The van der Waals surface area contributed by atoms with Gasteiger partial charge in [-0.25, -0.2) is 0 Å². The molecular weight excluding hydrogens is 266 g/mol. The van der Waals surface area contributed by atoms with E-state index in [0.717, 1.165) is 36.9 Å². The quantitative estimate of drug-likeness (QED) is 0.875. The lowest BCUT2D eigenvalue weighted by Crippen LogP contribution is -2.32. The number of methoxy groups -OCH3 is 1. The van der Waals surface area contributed by atoms with E-state index >= 15 is 0 Å². The fourth-order valence-corrected chi connectivity index (χ4v) is 2.96. The Labute approximate surface area is 124 Å². The third-order valence-electron chi connectivity index (χ3n) is 4.26. The van der Waals surface area contributed by atoms with Gasteiger partial charge in [0.15, 0.2) is 0 Å². The monoisotopic (exact) mass is 287 g/mol. The zero-order chi connectivity index (χ0) is 14.7. The Morgan fingerprint density at radius 1 is 1.19 bits per heavy atom. The highest BCUT2D eigenvalue weighted by Crippen LogP contribution is 2.38. The van der Waals surface area contributed by atoms with E-state index in [0.29, 0.717) is 18.1 Å². The highest BCUT2D eigenvalue weighted by molar-refractivity contribution is 5.39. The van der Waals surface area contributed by atoms with Gasteiger partial charge in [0.2, 0.25) is 11.7 Å². The van der Waals surface area contributed by atoms with Crippen molar-refractivity contribution in [2.24, 2.45) is 0 Å². The van der Waals surface area contributed by atoms with Crippen LogP contribution in [0.15, 0.2) is 28.8 Å². The van der Waals surface area contributed by atoms with E-state index in [1.165, 1.54) is 6.42 Å². The topological polar surface area (TPSA) is 74.2 Å². The molecule has 0 saturated heterocycles. The second-order valence-electron chi connectivity index (χ2n) is 5.69. The van der Waals surface area contributed by atoms with Crippen LogP contribution in [-0.4, -0.2) is 17.3 Å². The van der Waals surface area contributed by atoms with Crippen LogP contribution in [-0.2, 0) is 16.8 Å². The van der Waals surface area contributed by atoms with E-state index in [1.807, 2.05) is 24.3 Å². The summed E-state index contributed by atoms with van der Waals surface area (Å²) < 4.78 is 11.1. The van der Waals surface area contributed by atoms with Crippen LogP contribution in [0.1, 0.15) is 49.4 Å². The van der Waals surface area contributed by atoms with Crippen molar-refractivity contribution in [2.75, 3.05) is 12.8 Å². The van der Waals surface area contributed by atoms with Gasteiger partial charge in [0.05, 0.1) is 6.42 Å². The third kappa shape index (κ3) is 2.93. The SMILES string of the molecule is COC1(c2noc(Cc3ccc(N)cc3)n2)CCCCC1. The van der Waals surface area contributed by atoms with E-state index < -0.39 is 0 Å². The third-order valence-corrected chi connectivity index (χ3v) is 4.26. The van der Waals surface area contributed by atoms with Gasteiger partial charge in [-0.1, -0.05) is 36.6 Å². The van der Waals surface area contributed by atoms with Crippen LogP contribution >= 0.6 is 0 Å². The average Bonchev–Trinajstić information content (AvgIpc) is 2.99. The molecule has 0 atom stereocenters. The van der Waals surface area contributed by atoms with Crippen LogP contribution in [0.3, 0.4) is 0 Å². The van der Waals surface area contributed by atoms with Crippen molar-refractivity contribution in [3.8, 4) is 0 Å². The second-order valence-corrected chi connectivity index (χ2v) is 5.69. The summed E-state index contributed by atoms with van der Waals surface area (Å²) in [5.41, 5.74) is 7.19. The van der Waals surface area contributed by atoms with Crippen molar-refractivity contribution in [2.45, 2.75) is 44.1 Å². The first-order chi connectivity index (χ1) is 10.2. The average molecular weight is 287 g/mol. The molecule has 1 aromatic carbocycles. The van der Waals surface area contributed by atoms with Crippen LogP contribution in [0, 0.1) is 0 Å². The van der Waals surface area contributed by atoms with Gasteiger partial charge in [0.25, 0.3) is 0 Å². The lowest BCUT2D eigenvalue weighted by atomic mass is 9.84. The number of hydrogen-bond acceptors (Lipinski definition) is 5. The lowest BCUT2D eigenvalue weighted by molar-refractivity contribution is -0.0527. The number of nitrogens with two attached hydrogens (primary N) is 1. The molecule has 21 heavy (non-hydrogen) atoms. The molecule has 1 aromatic heterocycles. The molecule has 0 radical (unpaired) electrons. The normalized spacial score (nSPS) is 17.8. The molecule has 112 valence electrons. The molecule has 2 aromatic rings. The zero-order valence-corrected chi connectivity index (χ0v) is 12.3. The molecule has 1 aliphatic rings. The Morgan fingerprint density at radius 2 is 1.90 bits per heavy atom. The van der Waals surface area contributed by atoms with Crippen molar-refractivity contribution in [1.82, 2.24) is 10.1 Å². The predicted octanol–water partition coefficient (Wildman–Crippen LogP) is 3.05. The fourth-order valence-electron chi connectivity index (χ4n) is 2.96. The van der Waals surface area contributed by atoms with Crippen molar-refractivity contribution >= 4 is 5.69 Å². The van der Waals surface area contributed by atoms with Crippen LogP contribution < -0.4 is 5.73 Å². The van der Waals surface area contributed by atoms with E-state index in [9.17, 15) is 0 Å². The summed E-state index contributed by atoms with van der Waals surface area (Å²) in [6, 6.07) is 7.71. The second kappa shape index (κ2) is 5.85. The molecule has 2 N–H and O–H groups in total. The van der Waals surface area contributed by atoms with E-state index in [4.69, 9.17) is 15.0 Å². The summed E-state index contributed by atoms with van der Waals surface area (Å²) in [5.74, 6) is 1.31. The number of rotatable bonds is 4. The van der Waals surface area contributed by atoms with Gasteiger partial charge in [-0.2, -0.15) is 4.98 Å². The molecule has 5 heteroatoms. The number of anilines is 1. The van der Waals surface area contributed by atoms with Crippen LogP contribution in [0.2, 0.25) is 0 Å². The smallest absolute Gasteiger partial charge is 0.231 e. The maximum atomic E-state index is 5.74. The summed E-state index contributed by atoms with van der Waals surface area (Å²) in [5, 5.41) is 4.16. The van der Waals surface area contributed by atoms with Crippen LogP contribution in [0.4, 0.5) is 5.69 Å². The highest BCUT2D eigenvalue weighted by atomic mass is 16.5. The Kier molecular flexibility index (Phi) is 3.92. The molecule has 0 bridgehead atoms. The number of benzene rings is 1. The van der Waals surface area contributed by atoms with Gasteiger partial charge in [0.1, 0.15) is 5.60 Å². The number of ether oxygens (including phenoxy) is 1. The van der Waals surface area contributed by atoms with Gasteiger partial charge in [-0.15, -0.1) is 0 Å². The van der Waals surface area contributed by atoms with Gasteiger partial charge in [-0.05, 0) is 30.5 Å². The number of nitrogen functional groups attached to an aromatic ring is 1. The number of hydrogen-bond donors (Lipinski definition) is 1. The molecule has 1 fully saturated rings. The first kappa shape index (κ1) is 14.1. The van der Waals surface area contributed by atoms with E-state index in [1.54, 1.807) is 7.11 Å². The van der Waals surface area contributed by atoms with Crippen molar-refractivity contribution in [3.63, 3.8) is 0 Å². The molecule has 1 aliphatic carbocycles. The van der Waals surface area contributed by atoms with Crippen molar-refractivity contribution in [1.29, 1.82) is 0 Å². The first-order valence-electron chi connectivity index (χ1n) is 7.44. The molecule has 3 rings (SSSR count). The molecule has 0 spiro atoms. The predicted molar refractivity (Wildman–Crippen MR) is 79.7 cm³/mol. The Hall–Kier alpha value is -1.88. The molecule has 0 amide bonds. The highest BCUT2D eigenvalue weighted by Gasteiger charge is 2.38. The van der Waals surface area contributed by atoms with E-state index in [-0.39, 0.29) is 5.60 Å². The summed E-state index contributed by atoms with van der Waals surface area (Å²) in [7, 11) is 1.74. The number of nitrogens with zero attached hydrogens (tertiary/aromatic N) is 2. The molecule has 1 heterocycles. The summed E-state index contributed by atoms with van der Waals surface area (Å²) in [6.45, 7) is 0. The minimum atomic E-state index is -0.360. The maximum Gasteiger partial charge on any atom is 0.231 e. The standard InChI is InChI=1S/C16H21N3O2/c1-20-16(9-3-2-4-10-16)15-18-14(21-19-15)11-12-5-7-13(17)8-6-12/h5-8H,2-4,9-11,17H2,1H3. The summed E-state index contributed by atoms with van der Waals surface area (Å²) in [6.07, 6.45) is 6.09. The lowest BCUT2D eigenvalue weighted by Gasteiger charge is -2.32. The molecule has 5 nitrogen and oxygen atoms in total. The van der Waals surface area contributed by atoms with Gasteiger partial charge < -0.3 is 15.0 Å². The van der Waals surface area contributed by atoms with Crippen molar-refractivity contribution < 1.29 is 9.26 Å². The minimum Gasteiger partial charge on any atom is -0.399 e. The minimum absolute atomic E-state index is 0.360. The van der Waals surface area contributed by atoms with Crippen LogP contribution in [0.25, 0.3) is 0 Å². The number of aromatic nitrogens is 2. The van der Waals surface area contributed by atoms with Gasteiger partial charge >= 0.3 is 0 Å². The summed E-state index contributed by atoms with van der Waals surface area (Å²) >= 11 is 0. The molecular formula is C16H21N3O2. The Morgan fingerprint density at radius 3 is 2.57 bits per heavy atom. The summed E-state index contributed by atoms with van der Waals surface area (Å²) in [4.78, 5) is 4.56. The molecule has 0 aliphatic heterocycles.